The van der Waals surface area contributed by atoms with Crippen molar-refractivity contribution < 1.29 is 4.39 Å². The van der Waals surface area contributed by atoms with E-state index in [-0.39, 0.29) is 5.82 Å². The number of fused-ring (bicyclic) bond motifs is 1. The summed E-state index contributed by atoms with van der Waals surface area (Å²) in [5, 5.41) is 7.40. The van der Waals surface area contributed by atoms with E-state index in [2.05, 4.69) is 15.6 Å². The van der Waals surface area contributed by atoms with Crippen LogP contribution in [0.4, 0.5) is 4.39 Å². The van der Waals surface area contributed by atoms with Gasteiger partial charge in [0.05, 0.1) is 5.52 Å². The van der Waals surface area contributed by atoms with Crippen LogP contribution in [0, 0.1) is 5.82 Å². The third-order valence-electron chi connectivity index (χ3n) is 3.44. The minimum absolute atomic E-state index is 0.204. The summed E-state index contributed by atoms with van der Waals surface area (Å²) in [5.74, 6) is -0.204. The number of hydrogen-bond donors (Lipinski definition) is 2. The van der Waals surface area contributed by atoms with Crippen LogP contribution in [0.3, 0.4) is 0 Å². The molecule has 4 heteroatoms. The zero-order valence-electron chi connectivity index (χ0n) is 10.1. The van der Waals surface area contributed by atoms with Gasteiger partial charge in [-0.05, 0) is 36.7 Å². The minimum Gasteiger partial charge on any atom is -0.315 e. The van der Waals surface area contributed by atoms with E-state index in [1.54, 1.807) is 18.3 Å². The van der Waals surface area contributed by atoms with Gasteiger partial charge in [-0.25, -0.2) is 4.39 Å². The summed E-state index contributed by atoms with van der Waals surface area (Å²) in [6.07, 6.45) is 2.86. The first kappa shape index (κ1) is 11.6. The highest BCUT2D eigenvalue weighted by Crippen LogP contribution is 2.19. The fourth-order valence-corrected chi connectivity index (χ4v) is 2.42. The van der Waals surface area contributed by atoms with E-state index in [9.17, 15) is 4.39 Å². The number of halogens is 1. The van der Waals surface area contributed by atoms with Crippen LogP contribution in [-0.2, 0) is 6.54 Å². The number of rotatable bonds is 3. The summed E-state index contributed by atoms with van der Waals surface area (Å²) in [4.78, 5) is 4.29. The van der Waals surface area contributed by atoms with Gasteiger partial charge >= 0.3 is 0 Å². The molecule has 18 heavy (non-hydrogen) atoms. The Labute approximate surface area is 105 Å². The Hall–Kier alpha value is -1.52. The van der Waals surface area contributed by atoms with Gasteiger partial charge in [-0.2, -0.15) is 0 Å². The molecule has 94 valence electrons. The number of nitrogens with zero attached hydrogens (tertiary/aromatic N) is 1. The average Bonchev–Trinajstić information content (AvgIpc) is 2.92. The molecular formula is C14H16FN3. The molecule has 0 radical (unpaired) electrons. The van der Waals surface area contributed by atoms with Crippen molar-refractivity contribution in [1.29, 1.82) is 0 Å². The molecule has 1 unspecified atom stereocenters. The van der Waals surface area contributed by atoms with Crippen molar-refractivity contribution in [3.63, 3.8) is 0 Å². The number of hydrogen-bond acceptors (Lipinski definition) is 3. The van der Waals surface area contributed by atoms with Crippen LogP contribution in [0.5, 0.6) is 0 Å². The predicted octanol–water partition coefficient (Wildman–Crippen LogP) is 1.83. The maximum absolute atomic E-state index is 13.6. The van der Waals surface area contributed by atoms with E-state index in [1.807, 2.05) is 6.07 Å². The molecule has 3 nitrogen and oxygen atoms in total. The quantitative estimate of drug-likeness (QED) is 0.866. The van der Waals surface area contributed by atoms with E-state index in [0.29, 0.717) is 11.4 Å². The lowest BCUT2D eigenvalue weighted by molar-refractivity contribution is 0.548. The second-order valence-electron chi connectivity index (χ2n) is 4.68. The maximum Gasteiger partial charge on any atom is 0.132 e. The smallest absolute Gasteiger partial charge is 0.132 e. The molecule has 1 aliphatic heterocycles. The number of benzene rings is 1. The van der Waals surface area contributed by atoms with E-state index in [4.69, 9.17) is 0 Å². The highest BCUT2D eigenvalue weighted by Gasteiger charge is 2.14. The molecule has 1 aromatic carbocycles. The van der Waals surface area contributed by atoms with E-state index in [0.717, 1.165) is 37.1 Å². The Kier molecular flexibility index (Phi) is 3.21. The number of aromatic nitrogens is 1. The molecule has 1 aliphatic rings. The zero-order valence-corrected chi connectivity index (χ0v) is 10.1. The van der Waals surface area contributed by atoms with Crippen LogP contribution in [0.15, 0.2) is 30.5 Å². The molecule has 1 saturated heterocycles. The molecule has 0 aliphatic carbocycles. The first-order valence-corrected chi connectivity index (χ1v) is 6.31. The van der Waals surface area contributed by atoms with E-state index in [1.165, 1.54) is 6.07 Å². The minimum atomic E-state index is -0.204. The van der Waals surface area contributed by atoms with Crippen LogP contribution in [0.25, 0.3) is 10.9 Å². The summed E-state index contributed by atoms with van der Waals surface area (Å²) < 4.78 is 13.6. The average molecular weight is 245 g/mol. The van der Waals surface area contributed by atoms with Gasteiger partial charge in [0, 0.05) is 30.7 Å². The zero-order chi connectivity index (χ0) is 12.4. The molecule has 2 heterocycles. The van der Waals surface area contributed by atoms with Gasteiger partial charge in [0.1, 0.15) is 5.82 Å². The largest absolute Gasteiger partial charge is 0.315 e. The van der Waals surface area contributed by atoms with Crippen LogP contribution in [0.2, 0.25) is 0 Å². The van der Waals surface area contributed by atoms with E-state index >= 15 is 0 Å². The van der Waals surface area contributed by atoms with Gasteiger partial charge in [0.15, 0.2) is 0 Å². The highest BCUT2D eigenvalue weighted by molar-refractivity contribution is 5.82. The SMILES string of the molecule is Fc1ccc(CNC2CCNC2)c2ncccc12. The summed E-state index contributed by atoms with van der Waals surface area (Å²) in [5.41, 5.74) is 1.81. The van der Waals surface area contributed by atoms with Crippen molar-refractivity contribution in [1.82, 2.24) is 15.6 Å². The molecular weight excluding hydrogens is 229 g/mol. The first-order valence-electron chi connectivity index (χ1n) is 6.31. The van der Waals surface area contributed by atoms with Gasteiger partial charge in [-0.15, -0.1) is 0 Å². The third-order valence-corrected chi connectivity index (χ3v) is 3.44. The Morgan fingerprint density at radius 1 is 1.39 bits per heavy atom. The van der Waals surface area contributed by atoms with Crippen molar-refractivity contribution >= 4 is 10.9 Å². The Morgan fingerprint density at radius 3 is 3.17 bits per heavy atom. The normalized spacial score (nSPS) is 19.5. The lowest BCUT2D eigenvalue weighted by Crippen LogP contribution is -2.30. The van der Waals surface area contributed by atoms with Crippen molar-refractivity contribution in [3.05, 3.63) is 41.8 Å². The van der Waals surface area contributed by atoms with Crippen LogP contribution >= 0.6 is 0 Å². The summed E-state index contributed by atoms with van der Waals surface area (Å²) in [6.45, 7) is 2.81. The second kappa shape index (κ2) is 5.00. The monoisotopic (exact) mass is 245 g/mol. The molecule has 1 atom stereocenters. The standard InChI is InChI=1S/C14H16FN3/c15-13-4-3-10(8-18-11-5-7-16-9-11)14-12(13)2-1-6-17-14/h1-4,6,11,16,18H,5,7-9H2. The topological polar surface area (TPSA) is 37.0 Å². The van der Waals surface area contributed by atoms with Gasteiger partial charge in [0.2, 0.25) is 0 Å². The van der Waals surface area contributed by atoms with Gasteiger partial charge in [-0.3, -0.25) is 4.98 Å². The molecule has 0 spiro atoms. The van der Waals surface area contributed by atoms with Gasteiger partial charge in [-0.1, -0.05) is 6.07 Å². The van der Waals surface area contributed by atoms with Crippen molar-refractivity contribution in [2.24, 2.45) is 0 Å². The van der Waals surface area contributed by atoms with Crippen molar-refractivity contribution in [3.8, 4) is 0 Å². The first-order chi connectivity index (χ1) is 8.84. The van der Waals surface area contributed by atoms with Crippen LogP contribution in [0.1, 0.15) is 12.0 Å². The van der Waals surface area contributed by atoms with Crippen molar-refractivity contribution in [2.45, 2.75) is 19.0 Å². The Bertz CT molecular complexity index is 550. The highest BCUT2D eigenvalue weighted by atomic mass is 19.1. The predicted molar refractivity (Wildman–Crippen MR) is 69.8 cm³/mol. The molecule has 0 bridgehead atoms. The van der Waals surface area contributed by atoms with Crippen molar-refractivity contribution in [2.75, 3.05) is 13.1 Å². The third kappa shape index (κ3) is 2.21. The van der Waals surface area contributed by atoms with Gasteiger partial charge in [0.25, 0.3) is 0 Å². The lowest BCUT2D eigenvalue weighted by Gasteiger charge is -2.12. The maximum atomic E-state index is 13.6. The molecule has 3 rings (SSSR count). The number of nitrogens with one attached hydrogen (secondary N) is 2. The molecule has 2 aromatic rings. The molecule has 1 fully saturated rings. The second-order valence-corrected chi connectivity index (χ2v) is 4.68. The number of pyridine rings is 1. The van der Waals surface area contributed by atoms with Gasteiger partial charge < -0.3 is 10.6 Å². The summed E-state index contributed by atoms with van der Waals surface area (Å²) in [7, 11) is 0. The van der Waals surface area contributed by atoms with E-state index < -0.39 is 0 Å². The molecule has 0 saturated carbocycles. The fourth-order valence-electron chi connectivity index (χ4n) is 2.42. The Morgan fingerprint density at radius 2 is 2.33 bits per heavy atom. The summed E-state index contributed by atoms with van der Waals surface area (Å²) in [6, 6.07) is 7.39. The molecule has 0 amide bonds. The summed E-state index contributed by atoms with van der Waals surface area (Å²) >= 11 is 0. The lowest BCUT2D eigenvalue weighted by atomic mass is 10.1. The Balaban J connectivity index is 1.85. The molecule has 2 N–H and O–H groups in total. The fraction of sp³-hybridized carbons (Fsp3) is 0.357. The van der Waals surface area contributed by atoms with Crippen LogP contribution < -0.4 is 10.6 Å². The molecule has 1 aromatic heterocycles. The van der Waals surface area contributed by atoms with Crippen LogP contribution in [-0.4, -0.2) is 24.1 Å².